The van der Waals surface area contributed by atoms with Crippen molar-refractivity contribution in [2.75, 3.05) is 0 Å². The molecule has 2 N–H and O–H groups in total. The summed E-state index contributed by atoms with van der Waals surface area (Å²) >= 11 is 0. The molecular weight excluding hydrogens is 194 g/mol. The number of hydrogen-bond donors (Lipinski definition) is 1. The van der Waals surface area contributed by atoms with Crippen LogP contribution in [0.1, 0.15) is 35.1 Å². The van der Waals surface area contributed by atoms with Crippen LogP contribution in [0.4, 0.5) is 0 Å². The van der Waals surface area contributed by atoms with Gasteiger partial charge in [-0.2, -0.15) is 0 Å². The van der Waals surface area contributed by atoms with Crippen molar-refractivity contribution in [1.82, 2.24) is 0 Å². The Labute approximate surface area is 98.4 Å². The van der Waals surface area contributed by atoms with Crippen LogP contribution in [0, 0.1) is 20.8 Å². The summed E-state index contributed by atoms with van der Waals surface area (Å²) in [6, 6.07) is 4.84. The van der Waals surface area contributed by atoms with Crippen LogP contribution in [0.5, 0.6) is 0 Å². The summed E-state index contributed by atoms with van der Waals surface area (Å²) in [5.41, 5.74) is 13.1. The van der Waals surface area contributed by atoms with E-state index in [2.05, 4.69) is 39.0 Å². The highest BCUT2D eigenvalue weighted by Crippen LogP contribution is 2.25. The first kappa shape index (κ1) is 11.4. The van der Waals surface area contributed by atoms with E-state index in [1.54, 1.807) is 0 Å². The van der Waals surface area contributed by atoms with E-state index in [1.807, 2.05) is 0 Å². The third-order valence-corrected chi connectivity index (χ3v) is 3.49. The van der Waals surface area contributed by atoms with Gasteiger partial charge in [0.25, 0.3) is 0 Å². The Balaban J connectivity index is 2.25. The third-order valence-electron chi connectivity index (χ3n) is 3.49. The van der Waals surface area contributed by atoms with Crippen molar-refractivity contribution in [2.45, 2.75) is 46.1 Å². The fraction of sp³-hybridized carbons (Fsp3) is 0.467. The van der Waals surface area contributed by atoms with Gasteiger partial charge in [0.1, 0.15) is 0 Å². The predicted octanol–water partition coefficient (Wildman–Crippen LogP) is 3.20. The van der Waals surface area contributed by atoms with Gasteiger partial charge in [-0.3, -0.25) is 0 Å². The number of rotatable bonds is 2. The minimum atomic E-state index is 0.293. The Morgan fingerprint density at radius 1 is 1.19 bits per heavy atom. The van der Waals surface area contributed by atoms with Gasteiger partial charge in [-0.25, -0.2) is 0 Å². The van der Waals surface area contributed by atoms with Crippen molar-refractivity contribution < 1.29 is 0 Å². The summed E-state index contributed by atoms with van der Waals surface area (Å²) in [7, 11) is 0. The lowest BCUT2D eigenvalue weighted by Gasteiger charge is -2.11. The average molecular weight is 215 g/mol. The molecule has 0 spiro atoms. The van der Waals surface area contributed by atoms with Gasteiger partial charge in [0.05, 0.1) is 0 Å². The first-order valence-electron chi connectivity index (χ1n) is 6.08. The third kappa shape index (κ3) is 2.35. The van der Waals surface area contributed by atoms with Crippen molar-refractivity contribution >= 4 is 0 Å². The second-order valence-corrected chi connectivity index (χ2v) is 5.08. The van der Waals surface area contributed by atoms with Crippen LogP contribution in [0.3, 0.4) is 0 Å². The smallest absolute Gasteiger partial charge is 0.0229 e. The van der Waals surface area contributed by atoms with E-state index in [-0.39, 0.29) is 0 Å². The van der Waals surface area contributed by atoms with Crippen molar-refractivity contribution in [3.05, 3.63) is 46.0 Å². The zero-order chi connectivity index (χ0) is 11.7. The van der Waals surface area contributed by atoms with E-state index in [4.69, 9.17) is 5.73 Å². The highest BCUT2D eigenvalue weighted by Gasteiger charge is 2.14. The molecule has 1 aliphatic rings. The van der Waals surface area contributed by atoms with Crippen LogP contribution >= 0.6 is 0 Å². The van der Waals surface area contributed by atoms with Gasteiger partial charge in [0, 0.05) is 6.04 Å². The highest BCUT2D eigenvalue weighted by molar-refractivity contribution is 5.40. The van der Waals surface area contributed by atoms with Gasteiger partial charge in [-0.15, -0.1) is 0 Å². The molecule has 1 heteroatoms. The summed E-state index contributed by atoms with van der Waals surface area (Å²) in [5.74, 6) is 0. The maximum absolute atomic E-state index is 5.90. The molecule has 0 amide bonds. The zero-order valence-corrected chi connectivity index (χ0v) is 10.5. The molecular formula is C15H21N. The zero-order valence-electron chi connectivity index (χ0n) is 10.5. The summed E-state index contributed by atoms with van der Waals surface area (Å²) in [4.78, 5) is 0. The van der Waals surface area contributed by atoms with Gasteiger partial charge in [-0.05, 0) is 56.7 Å². The first-order valence-corrected chi connectivity index (χ1v) is 6.08. The summed E-state index contributed by atoms with van der Waals surface area (Å²) < 4.78 is 0. The molecule has 0 saturated heterocycles. The van der Waals surface area contributed by atoms with Gasteiger partial charge in [0.15, 0.2) is 0 Å². The largest absolute Gasteiger partial charge is 0.324 e. The Bertz CT molecular complexity index is 406. The lowest BCUT2D eigenvalue weighted by molar-refractivity contribution is 0.769. The predicted molar refractivity (Wildman–Crippen MR) is 69.6 cm³/mol. The van der Waals surface area contributed by atoms with Crippen LogP contribution < -0.4 is 5.73 Å². The van der Waals surface area contributed by atoms with E-state index in [0.29, 0.717) is 6.04 Å². The fourth-order valence-electron chi connectivity index (χ4n) is 2.68. The molecule has 0 saturated carbocycles. The lowest BCUT2D eigenvalue weighted by Crippen LogP contribution is -2.11. The van der Waals surface area contributed by atoms with Crippen LogP contribution in [0.25, 0.3) is 0 Å². The van der Waals surface area contributed by atoms with Gasteiger partial charge >= 0.3 is 0 Å². The number of benzene rings is 1. The average Bonchev–Trinajstić information content (AvgIpc) is 2.58. The Hall–Kier alpha value is -1.08. The lowest BCUT2D eigenvalue weighted by atomic mass is 9.94. The molecule has 1 nitrogen and oxygen atoms in total. The SMILES string of the molecule is Cc1cc(C)c(CC2=CC(N)CC2)c(C)c1. The van der Waals surface area contributed by atoms with E-state index in [1.165, 1.54) is 34.2 Å². The van der Waals surface area contributed by atoms with Gasteiger partial charge < -0.3 is 5.73 Å². The highest BCUT2D eigenvalue weighted by atomic mass is 14.6. The standard InChI is InChI=1S/C15H21N/c1-10-6-11(2)15(12(3)7-10)9-13-4-5-14(16)8-13/h6-8,14H,4-5,9,16H2,1-3H3. The molecule has 0 aliphatic heterocycles. The summed E-state index contributed by atoms with van der Waals surface area (Å²) in [6.45, 7) is 6.59. The van der Waals surface area contributed by atoms with Gasteiger partial charge in [-0.1, -0.05) is 29.3 Å². The first-order chi connectivity index (χ1) is 7.56. The van der Waals surface area contributed by atoms with Crippen molar-refractivity contribution in [3.8, 4) is 0 Å². The van der Waals surface area contributed by atoms with Crippen LogP contribution in [-0.2, 0) is 6.42 Å². The molecule has 0 radical (unpaired) electrons. The fourth-order valence-corrected chi connectivity index (χ4v) is 2.68. The van der Waals surface area contributed by atoms with Crippen LogP contribution in [0.2, 0.25) is 0 Å². The second kappa shape index (κ2) is 4.42. The van der Waals surface area contributed by atoms with E-state index < -0.39 is 0 Å². The molecule has 0 heterocycles. The summed E-state index contributed by atoms with van der Waals surface area (Å²) in [5, 5.41) is 0. The number of aryl methyl sites for hydroxylation is 3. The maximum atomic E-state index is 5.90. The monoisotopic (exact) mass is 215 g/mol. The molecule has 16 heavy (non-hydrogen) atoms. The Kier molecular flexibility index (Phi) is 3.15. The van der Waals surface area contributed by atoms with E-state index >= 15 is 0 Å². The Morgan fingerprint density at radius 3 is 2.31 bits per heavy atom. The van der Waals surface area contributed by atoms with Crippen molar-refractivity contribution in [1.29, 1.82) is 0 Å². The Morgan fingerprint density at radius 2 is 1.81 bits per heavy atom. The minimum Gasteiger partial charge on any atom is -0.324 e. The number of hydrogen-bond acceptors (Lipinski definition) is 1. The summed E-state index contributed by atoms with van der Waals surface area (Å²) in [6.07, 6.45) is 5.64. The normalized spacial score (nSPS) is 20.0. The molecule has 1 atom stereocenters. The quantitative estimate of drug-likeness (QED) is 0.753. The number of nitrogens with two attached hydrogens (primary N) is 1. The van der Waals surface area contributed by atoms with Crippen molar-refractivity contribution in [3.63, 3.8) is 0 Å². The molecule has 1 unspecified atom stereocenters. The molecule has 2 rings (SSSR count). The number of allylic oxidation sites excluding steroid dienone is 1. The molecule has 1 aromatic carbocycles. The second-order valence-electron chi connectivity index (χ2n) is 5.08. The maximum Gasteiger partial charge on any atom is 0.0229 e. The molecule has 0 fully saturated rings. The molecule has 0 bridgehead atoms. The molecule has 1 aliphatic carbocycles. The molecule has 1 aromatic rings. The molecule has 0 aromatic heterocycles. The van der Waals surface area contributed by atoms with Crippen molar-refractivity contribution in [2.24, 2.45) is 5.73 Å². The molecule has 86 valence electrons. The van der Waals surface area contributed by atoms with Crippen LogP contribution in [0.15, 0.2) is 23.8 Å². The van der Waals surface area contributed by atoms with Gasteiger partial charge in [0.2, 0.25) is 0 Å². The topological polar surface area (TPSA) is 26.0 Å². The van der Waals surface area contributed by atoms with E-state index in [9.17, 15) is 0 Å². The minimum absolute atomic E-state index is 0.293. The van der Waals surface area contributed by atoms with E-state index in [0.717, 1.165) is 12.8 Å². The van der Waals surface area contributed by atoms with Crippen LogP contribution in [-0.4, -0.2) is 6.04 Å².